The fraction of sp³-hybridized carbons (Fsp3) is 0.929. The molecule has 0 spiro atoms. The Labute approximate surface area is 116 Å². The molecule has 1 saturated heterocycles. The fourth-order valence-corrected chi connectivity index (χ4v) is 2.31. The molecule has 0 saturated carbocycles. The normalized spacial score (nSPS) is 19.2. The van der Waals surface area contributed by atoms with Gasteiger partial charge in [-0.3, -0.25) is 9.69 Å². The van der Waals surface area contributed by atoms with E-state index in [0.29, 0.717) is 13.1 Å². The summed E-state index contributed by atoms with van der Waals surface area (Å²) in [6.07, 6.45) is 1.77. The number of nitrogens with two attached hydrogens (primary N) is 1. The number of rotatable bonds is 7. The number of nitrogens with zero attached hydrogens (tertiary/aromatic N) is 1. The molecular weight excluding hydrogens is 242 g/mol. The first-order valence-corrected chi connectivity index (χ1v) is 7.28. The van der Waals surface area contributed by atoms with Gasteiger partial charge in [0.15, 0.2) is 0 Å². The minimum absolute atomic E-state index is 0.0208. The minimum Gasteiger partial charge on any atom is -0.379 e. The number of hydrogen-bond donors (Lipinski definition) is 2. The van der Waals surface area contributed by atoms with Crippen LogP contribution in [0.3, 0.4) is 0 Å². The summed E-state index contributed by atoms with van der Waals surface area (Å²) >= 11 is 0. The van der Waals surface area contributed by atoms with E-state index in [1.807, 2.05) is 6.92 Å². The monoisotopic (exact) mass is 271 g/mol. The van der Waals surface area contributed by atoms with E-state index in [0.717, 1.165) is 39.1 Å². The van der Waals surface area contributed by atoms with Crippen LogP contribution in [0, 0.1) is 5.92 Å². The van der Waals surface area contributed by atoms with Crippen molar-refractivity contribution in [2.45, 2.75) is 39.2 Å². The molecule has 0 radical (unpaired) electrons. The van der Waals surface area contributed by atoms with Crippen LogP contribution in [0.4, 0.5) is 0 Å². The van der Waals surface area contributed by atoms with Crippen LogP contribution in [0.2, 0.25) is 0 Å². The Kier molecular flexibility index (Phi) is 6.75. The lowest BCUT2D eigenvalue weighted by Crippen LogP contribution is -2.55. The van der Waals surface area contributed by atoms with E-state index in [9.17, 15) is 4.79 Å². The summed E-state index contributed by atoms with van der Waals surface area (Å²) in [5.74, 6) is 0.179. The molecule has 1 rings (SSSR count). The van der Waals surface area contributed by atoms with E-state index in [1.54, 1.807) is 0 Å². The largest absolute Gasteiger partial charge is 0.379 e. The van der Waals surface area contributed by atoms with E-state index < -0.39 is 0 Å². The van der Waals surface area contributed by atoms with Crippen LogP contribution in [0.25, 0.3) is 0 Å². The summed E-state index contributed by atoms with van der Waals surface area (Å²) in [7, 11) is 0. The van der Waals surface area contributed by atoms with Crippen molar-refractivity contribution in [3.63, 3.8) is 0 Å². The van der Waals surface area contributed by atoms with Gasteiger partial charge in [0, 0.05) is 31.1 Å². The molecule has 1 amide bonds. The SMILES string of the molecule is CC(CCCN)C(=O)NCC(C)(C)N1CCOCC1. The Balaban J connectivity index is 2.34. The van der Waals surface area contributed by atoms with Gasteiger partial charge in [-0.25, -0.2) is 0 Å². The van der Waals surface area contributed by atoms with Crippen molar-refractivity contribution in [3.05, 3.63) is 0 Å². The Morgan fingerprint density at radius 3 is 2.63 bits per heavy atom. The maximum atomic E-state index is 12.0. The maximum Gasteiger partial charge on any atom is 0.222 e. The molecule has 1 unspecified atom stereocenters. The van der Waals surface area contributed by atoms with Gasteiger partial charge < -0.3 is 15.8 Å². The second-order valence-electron chi connectivity index (χ2n) is 5.96. The molecular formula is C14H29N3O2. The summed E-state index contributed by atoms with van der Waals surface area (Å²) in [6.45, 7) is 11.1. The van der Waals surface area contributed by atoms with Gasteiger partial charge in [0.25, 0.3) is 0 Å². The highest BCUT2D eigenvalue weighted by Crippen LogP contribution is 2.15. The third-order valence-electron chi connectivity index (χ3n) is 3.85. The molecule has 0 bridgehead atoms. The number of nitrogens with one attached hydrogen (secondary N) is 1. The molecule has 1 aliphatic rings. The van der Waals surface area contributed by atoms with E-state index >= 15 is 0 Å². The lowest BCUT2D eigenvalue weighted by molar-refractivity contribution is -0.125. The van der Waals surface area contributed by atoms with Gasteiger partial charge in [-0.1, -0.05) is 6.92 Å². The van der Waals surface area contributed by atoms with Crippen molar-refractivity contribution in [2.75, 3.05) is 39.4 Å². The predicted molar refractivity (Wildman–Crippen MR) is 76.9 cm³/mol. The van der Waals surface area contributed by atoms with Gasteiger partial charge in [-0.15, -0.1) is 0 Å². The summed E-state index contributed by atoms with van der Waals surface area (Å²) in [4.78, 5) is 14.4. The molecule has 1 fully saturated rings. The van der Waals surface area contributed by atoms with Gasteiger partial charge in [0.2, 0.25) is 5.91 Å². The van der Waals surface area contributed by atoms with Crippen molar-refractivity contribution < 1.29 is 9.53 Å². The summed E-state index contributed by atoms with van der Waals surface area (Å²) in [6, 6.07) is 0. The number of hydrogen-bond acceptors (Lipinski definition) is 4. The highest BCUT2D eigenvalue weighted by molar-refractivity contribution is 5.78. The Morgan fingerprint density at radius 2 is 2.05 bits per heavy atom. The predicted octanol–water partition coefficient (Wildman–Crippen LogP) is 0.588. The molecule has 1 heterocycles. The van der Waals surface area contributed by atoms with Crippen LogP contribution in [0.15, 0.2) is 0 Å². The maximum absolute atomic E-state index is 12.0. The summed E-state index contributed by atoms with van der Waals surface area (Å²) in [5, 5.41) is 3.07. The van der Waals surface area contributed by atoms with Crippen molar-refractivity contribution in [2.24, 2.45) is 11.7 Å². The van der Waals surface area contributed by atoms with Crippen molar-refractivity contribution in [1.82, 2.24) is 10.2 Å². The minimum atomic E-state index is -0.0208. The van der Waals surface area contributed by atoms with Crippen molar-refractivity contribution in [3.8, 4) is 0 Å². The molecule has 5 heteroatoms. The van der Waals surface area contributed by atoms with Crippen LogP contribution < -0.4 is 11.1 Å². The molecule has 3 N–H and O–H groups in total. The zero-order chi connectivity index (χ0) is 14.3. The number of carbonyl (C=O) groups is 1. The van der Waals surface area contributed by atoms with Crippen molar-refractivity contribution >= 4 is 5.91 Å². The smallest absolute Gasteiger partial charge is 0.222 e. The Hall–Kier alpha value is -0.650. The highest BCUT2D eigenvalue weighted by Gasteiger charge is 2.29. The first-order chi connectivity index (χ1) is 8.97. The second kappa shape index (κ2) is 7.82. The fourth-order valence-electron chi connectivity index (χ4n) is 2.31. The van der Waals surface area contributed by atoms with E-state index in [1.165, 1.54) is 0 Å². The molecule has 0 aromatic heterocycles. The van der Waals surface area contributed by atoms with E-state index in [-0.39, 0.29) is 17.4 Å². The van der Waals surface area contributed by atoms with Crippen LogP contribution in [-0.4, -0.2) is 55.7 Å². The van der Waals surface area contributed by atoms with Gasteiger partial charge in [0.1, 0.15) is 0 Å². The molecule has 5 nitrogen and oxygen atoms in total. The molecule has 0 aliphatic carbocycles. The number of morpholine rings is 1. The summed E-state index contributed by atoms with van der Waals surface area (Å²) in [5.41, 5.74) is 5.45. The zero-order valence-corrected chi connectivity index (χ0v) is 12.6. The quantitative estimate of drug-likeness (QED) is 0.711. The third kappa shape index (κ3) is 5.47. The standard InChI is InChI=1S/C14H29N3O2/c1-12(5-4-6-15)13(18)16-11-14(2,3)17-7-9-19-10-8-17/h12H,4-11,15H2,1-3H3,(H,16,18). The molecule has 0 aromatic rings. The zero-order valence-electron chi connectivity index (χ0n) is 12.6. The Morgan fingerprint density at radius 1 is 1.42 bits per heavy atom. The number of carbonyl (C=O) groups excluding carboxylic acids is 1. The van der Waals surface area contributed by atoms with Gasteiger partial charge in [0.05, 0.1) is 13.2 Å². The molecule has 112 valence electrons. The van der Waals surface area contributed by atoms with Crippen LogP contribution in [-0.2, 0) is 9.53 Å². The van der Waals surface area contributed by atoms with E-state index in [4.69, 9.17) is 10.5 Å². The third-order valence-corrected chi connectivity index (χ3v) is 3.85. The Bertz CT molecular complexity index is 276. The molecule has 0 aromatic carbocycles. The average Bonchev–Trinajstić information content (AvgIpc) is 2.43. The van der Waals surface area contributed by atoms with Crippen LogP contribution in [0.5, 0.6) is 0 Å². The molecule has 1 atom stereocenters. The van der Waals surface area contributed by atoms with Crippen LogP contribution in [0.1, 0.15) is 33.6 Å². The van der Waals surface area contributed by atoms with Gasteiger partial charge in [-0.05, 0) is 33.2 Å². The topological polar surface area (TPSA) is 67.6 Å². The lowest BCUT2D eigenvalue weighted by Gasteiger charge is -2.41. The van der Waals surface area contributed by atoms with Gasteiger partial charge in [-0.2, -0.15) is 0 Å². The lowest BCUT2D eigenvalue weighted by atomic mass is 10.0. The first-order valence-electron chi connectivity index (χ1n) is 7.28. The second-order valence-corrected chi connectivity index (χ2v) is 5.96. The molecule has 19 heavy (non-hydrogen) atoms. The highest BCUT2D eigenvalue weighted by atomic mass is 16.5. The number of amides is 1. The molecule has 1 aliphatic heterocycles. The first kappa shape index (κ1) is 16.4. The number of ether oxygens (including phenoxy) is 1. The summed E-state index contributed by atoms with van der Waals surface area (Å²) < 4.78 is 5.36. The van der Waals surface area contributed by atoms with Gasteiger partial charge >= 0.3 is 0 Å². The average molecular weight is 271 g/mol. The van der Waals surface area contributed by atoms with Crippen LogP contribution >= 0.6 is 0 Å². The van der Waals surface area contributed by atoms with E-state index in [2.05, 4.69) is 24.1 Å². The van der Waals surface area contributed by atoms with Crippen molar-refractivity contribution in [1.29, 1.82) is 0 Å².